The fraction of sp³-hybridized carbons (Fsp3) is 0.333. The van der Waals surface area contributed by atoms with Crippen LogP contribution in [0.2, 0.25) is 5.02 Å². The summed E-state index contributed by atoms with van der Waals surface area (Å²) in [5, 5.41) is 7.39. The smallest absolute Gasteiger partial charge is 0.271 e. The number of carbonyl (C=O) groups is 1. The Morgan fingerprint density at radius 1 is 1.41 bits per heavy atom. The van der Waals surface area contributed by atoms with Gasteiger partial charge in [-0.3, -0.25) is 4.79 Å². The fourth-order valence-electron chi connectivity index (χ4n) is 1.77. The molecule has 0 atom stereocenters. The number of amides is 1. The average molecular weight is 324 g/mol. The largest absolute Gasteiger partial charge is 0.470 e. The molecule has 7 heteroatoms. The summed E-state index contributed by atoms with van der Waals surface area (Å²) in [5.74, 6) is 0.340. The molecule has 0 spiro atoms. The number of rotatable bonds is 7. The third-order valence-electron chi connectivity index (χ3n) is 2.90. The molecule has 0 bridgehead atoms. The van der Waals surface area contributed by atoms with E-state index in [-0.39, 0.29) is 12.6 Å². The van der Waals surface area contributed by atoms with Crippen LogP contribution in [0.1, 0.15) is 16.1 Å². The van der Waals surface area contributed by atoms with E-state index in [4.69, 9.17) is 21.1 Å². The number of halogens is 1. The minimum absolute atomic E-state index is 0.175. The van der Waals surface area contributed by atoms with E-state index >= 15 is 0 Å². The molecule has 0 saturated heterocycles. The average Bonchev–Trinajstić information content (AvgIpc) is 2.97. The summed E-state index contributed by atoms with van der Waals surface area (Å²) >= 11 is 6.06. The van der Waals surface area contributed by atoms with Gasteiger partial charge >= 0.3 is 0 Å². The van der Waals surface area contributed by atoms with E-state index in [0.29, 0.717) is 29.6 Å². The Labute approximate surface area is 134 Å². The molecule has 118 valence electrons. The number of methoxy groups -OCH3 is 1. The summed E-state index contributed by atoms with van der Waals surface area (Å²) in [4.78, 5) is 11.8. The van der Waals surface area contributed by atoms with Gasteiger partial charge in [0.25, 0.3) is 5.91 Å². The molecular weight excluding hydrogens is 306 g/mol. The van der Waals surface area contributed by atoms with Crippen molar-refractivity contribution in [2.45, 2.75) is 13.7 Å². The molecule has 0 aliphatic rings. The number of hydrogen-bond donors (Lipinski definition) is 1. The zero-order chi connectivity index (χ0) is 15.9. The molecule has 6 nitrogen and oxygen atoms in total. The fourth-order valence-corrected chi connectivity index (χ4v) is 1.94. The summed E-state index contributed by atoms with van der Waals surface area (Å²) in [5.41, 5.74) is 1.38. The molecule has 0 saturated carbocycles. The number of nitrogens with one attached hydrogen (secondary N) is 1. The molecule has 22 heavy (non-hydrogen) atoms. The van der Waals surface area contributed by atoms with Crippen LogP contribution in [-0.2, 0) is 11.5 Å². The summed E-state index contributed by atoms with van der Waals surface area (Å²) in [6.07, 6.45) is 1.68. The highest BCUT2D eigenvalue weighted by atomic mass is 35.5. The highest BCUT2D eigenvalue weighted by Crippen LogP contribution is 2.25. The van der Waals surface area contributed by atoms with Crippen molar-refractivity contribution in [3.8, 4) is 5.75 Å². The molecular formula is C15H18ClN3O3. The van der Waals surface area contributed by atoms with Gasteiger partial charge in [0.2, 0.25) is 0 Å². The topological polar surface area (TPSA) is 65.4 Å². The lowest BCUT2D eigenvalue weighted by Gasteiger charge is -2.08. The van der Waals surface area contributed by atoms with Gasteiger partial charge in [0.1, 0.15) is 11.4 Å². The van der Waals surface area contributed by atoms with E-state index in [2.05, 4.69) is 10.4 Å². The minimum Gasteiger partial charge on any atom is -0.470 e. The van der Waals surface area contributed by atoms with Gasteiger partial charge in [0.15, 0.2) is 6.73 Å². The molecule has 2 rings (SSSR count). The zero-order valence-corrected chi connectivity index (χ0v) is 13.3. The van der Waals surface area contributed by atoms with Crippen molar-refractivity contribution < 1.29 is 14.3 Å². The van der Waals surface area contributed by atoms with Crippen LogP contribution in [0.5, 0.6) is 5.75 Å². The van der Waals surface area contributed by atoms with E-state index in [1.54, 1.807) is 25.4 Å². The van der Waals surface area contributed by atoms with Crippen LogP contribution < -0.4 is 10.1 Å². The van der Waals surface area contributed by atoms with E-state index < -0.39 is 0 Å². The predicted octanol–water partition coefficient (Wildman–Crippen LogP) is 2.26. The van der Waals surface area contributed by atoms with Gasteiger partial charge in [-0.05, 0) is 30.7 Å². The molecule has 1 amide bonds. The van der Waals surface area contributed by atoms with Gasteiger partial charge in [-0.25, -0.2) is 4.68 Å². The SMILES string of the molecule is COCCNC(=O)c1ccn(COc2cc(C)ccc2Cl)n1. The van der Waals surface area contributed by atoms with Crippen molar-refractivity contribution in [3.63, 3.8) is 0 Å². The second-order valence-corrected chi connectivity index (χ2v) is 5.10. The summed E-state index contributed by atoms with van der Waals surface area (Å²) in [6, 6.07) is 7.17. The number of benzene rings is 1. The first-order valence-corrected chi connectivity index (χ1v) is 7.17. The molecule has 0 radical (unpaired) electrons. The van der Waals surface area contributed by atoms with Crippen molar-refractivity contribution in [1.82, 2.24) is 15.1 Å². The quantitative estimate of drug-likeness (QED) is 0.794. The Morgan fingerprint density at radius 3 is 3.00 bits per heavy atom. The summed E-state index contributed by atoms with van der Waals surface area (Å²) in [7, 11) is 1.58. The van der Waals surface area contributed by atoms with Crippen LogP contribution >= 0.6 is 11.6 Å². The molecule has 0 aliphatic carbocycles. The number of ether oxygens (including phenoxy) is 2. The van der Waals surface area contributed by atoms with E-state index in [1.165, 1.54) is 4.68 Å². The van der Waals surface area contributed by atoms with Crippen LogP contribution in [0.3, 0.4) is 0 Å². The van der Waals surface area contributed by atoms with Gasteiger partial charge in [0, 0.05) is 19.9 Å². The van der Waals surface area contributed by atoms with Gasteiger partial charge in [0.05, 0.1) is 11.6 Å². The molecule has 1 N–H and O–H groups in total. The number of carbonyl (C=O) groups excluding carboxylic acids is 1. The Bertz CT molecular complexity index is 643. The Balaban J connectivity index is 1.92. The molecule has 1 aromatic heterocycles. The van der Waals surface area contributed by atoms with Crippen LogP contribution in [0, 0.1) is 6.92 Å². The second-order valence-electron chi connectivity index (χ2n) is 4.70. The van der Waals surface area contributed by atoms with Crippen LogP contribution in [0.25, 0.3) is 0 Å². The third-order valence-corrected chi connectivity index (χ3v) is 3.22. The van der Waals surface area contributed by atoms with E-state index in [0.717, 1.165) is 5.56 Å². The molecule has 1 aromatic carbocycles. The van der Waals surface area contributed by atoms with Crippen LogP contribution in [0.4, 0.5) is 0 Å². The Kier molecular flexibility index (Phi) is 5.80. The zero-order valence-electron chi connectivity index (χ0n) is 12.5. The van der Waals surface area contributed by atoms with Crippen molar-refractivity contribution in [2.75, 3.05) is 20.3 Å². The molecule has 0 aliphatic heterocycles. The summed E-state index contributed by atoms with van der Waals surface area (Å²) < 4.78 is 12.0. The van der Waals surface area contributed by atoms with Crippen molar-refractivity contribution in [3.05, 3.63) is 46.7 Å². The lowest BCUT2D eigenvalue weighted by atomic mass is 10.2. The van der Waals surface area contributed by atoms with E-state index in [9.17, 15) is 4.79 Å². The lowest BCUT2D eigenvalue weighted by molar-refractivity contribution is 0.0930. The maximum Gasteiger partial charge on any atom is 0.271 e. The number of aromatic nitrogens is 2. The number of hydrogen-bond acceptors (Lipinski definition) is 4. The first kappa shape index (κ1) is 16.3. The second kappa shape index (κ2) is 7.82. The molecule has 2 aromatic rings. The third kappa shape index (κ3) is 4.47. The maximum absolute atomic E-state index is 11.8. The van der Waals surface area contributed by atoms with Crippen molar-refractivity contribution >= 4 is 17.5 Å². The van der Waals surface area contributed by atoms with Crippen LogP contribution in [0.15, 0.2) is 30.5 Å². The standard InChI is InChI=1S/C15H18ClN3O3/c1-11-3-4-12(16)14(9-11)22-10-19-7-5-13(18-19)15(20)17-6-8-21-2/h3-5,7,9H,6,8,10H2,1-2H3,(H,17,20). The first-order valence-electron chi connectivity index (χ1n) is 6.79. The first-order chi connectivity index (χ1) is 10.6. The highest BCUT2D eigenvalue weighted by Gasteiger charge is 2.09. The van der Waals surface area contributed by atoms with Gasteiger partial charge in [-0.1, -0.05) is 17.7 Å². The monoisotopic (exact) mass is 323 g/mol. The maximum atomic E-state index is 11.8. The van der Waals surface area contributed by atoms with Gasteiger partial charge in [-0.2, -0.15) is 5.10 Å². The number of aryl methyl sites for hydroxylation is 1. The van der Waals surface area contributed by atoms with E-state index in [1.807, 2.05) is 19.1 Å². The van der Waals surface area contributed by atoms with Crippen molar-refractivity contribution in [1.29, 1.82) is 0 Å². The normalized spacial score (nSPS) is 10.5. The van der Waals surface area contributed by atoms with Crippen LogP contribution in [-0.4, -0.2) is 35.9 Å². The number of nitrogens with zero attached hydrogens (tertiary/aromatic N) is 2. The summed E-state index contributed by atoms with van der Waals surface area (Å²) in [6.45, 7) is 3.03. The highest BCUT2D eigenvalue weighted by molar-refractivity contribution is 6.32. The van der Waals surface area contributed by atoms with Gasteiger partial charge in [-0.15, -0.1) is 0 Å². The molecule has 1 heterocycles. The van der Waals surface area contributed by atoms with Gasteiger partial charge < -0.3 is 14.8 Å². The Morgan fingerprint density at radius 2 is 2.23 bits per heavy atom. The van der Waals surface area contributed by atoms with Crippen molar-refractivity contribution in [2.24, 2.45) is 0 Å². The molecule has 0 fully saturated rings. The minimum atomic E-state index is -0.246. The predicted molar refractivity (Wildman–Crippen MR) is 83.3 cm³/mol. The lowest BCUT2D eigenvalue weighted by Crippen LogP contribution is -2.27. The molecule has 0 unspecified atom stereocenters. The Hall–Kier alpha value is -2.05.